The number of benzene rings is 1. The van der Waals surface area contributed by atoms with Gasteiger partial charge in [0.25, 0.3) is 0 Å². The minimum absolute atomic E-state index is 0.117. The van der Waals surface area contributed by atoms with Crippen molar-refractivity contribution < 1.29 is 17.6 Å². The number of rotatable bonds is 2. The van der Waals surface area contributed by atoms with Crippen LogP contribution in [-0.2, 0) is 6.18 Å². The second-order valence-corrected chi connectivity index (χ2v) is 6.10. The van der Waals surface area contributed by atoms with E-state index in [4.69, 9.17) is 11.6 Å². The molecular formula is C18H9ClF4N4. The normalized spacial score (nSPS) is 11.9. The number of fused-ring (bicyclic) bond motifs is 1. The van der Waals surface area contributed by atoms with Crippen molar-refractivity contribution in [3.05, 3.63) is 71.5 Å². The third-order valence-corrected chi connectivity index (χ3v) is 4.28. The highest BCUT2D eigenvalue weighted by Gasteiger charge is 2.31. The van der Waals surface area contributed by atoms with Gasteiger partial charge in [0.1, 0.15) is 17.8 Å². The van der Waals surface area contributed by atoms with Crippen LogP contribution in [0, 0.1) is 5.82 Å². The number of aromatic nitrogens is 4. The van der Waals surface area contributed by atoms with Gasteiger partial charge in [-0.15, -0.1) is 0 Å². The Morgan fingerprint density at radius 1 is 1.04 bits per heavy atom. The summed E-state index contributed by atoms with van der Waals surface area (Å²) in [6.07, 6.45) is -0.773. The molecule has 0 amide bonds. The maximum atomic E-state index is 13.5. The smallest absolute Gasteiger partial charge is 0.245 e. The molecule has 0 N–H and O–H groups in total. The van der Waals surface area contributed by atoms with Gasteiger partial charge in [-0.1, -0.05) is 11.6 Å². The first-order chi connectivity index (χ1) is 12.8. The highest BCUT2D eigenvalue weighted by molar-refractivity contribution is 6.31. The Labute approximate surface area is 155 Å². The van der Waals surface area contributed by atoms with Gasteiger partial charge in [-0.25, -0.2) is 18.9 Å². The van der Waals surface area contributed by atoms with E-state index in [1.54, 1.807) is 6.07 Å². The summed E-state index contributed by atoms with van der Waals surface area (Å²) in [6, 6.07) is 7.91. The number of nitrogens with zero attached hydrogens (tertiary/aromatic N) is 4. The Hall–Kier alpha value is -3.00. The largest absolute Gasteiger partial charge is 0.417 e. The molecule has 0 unspecified atom stereocenters. The van der Waals surface area contributed by atoms with E-state index in [1.165, 1.54) is 36.8 Å². The molecule has 0 saturated heterocycles. The second kappa shape index (κ2) is 6.31. The van der Waals surface area contributed by atoms with Crippen LogP contribution < -0.4 is 0 Å². The molecule has 0 radical (unpaired) electrons. The van der Waals surface area contributed by atoms with E-state index in [0.717, 1.165) is 16.8 Å². The van der Waals surface area contributed by atoms with Gasteiger partial charge >= 0.3 is 6.18 Å². The Morgan fingerprint density at radius 2 is 1.85 bits per heavy atom. The fourth-order valence-corrected chi connectivity index (χ4v) is 2.93. The quantitative estimate of drug-likeness (QED) is 0.436. The van der Waals surface area contributed by atoms with Crippen LogP contribution in [0.4, 0.5) is 17.6 Å². The zero-order chi connectivity index (χ0) is 19.2. The monoisotopic (exact) mass is 392 g/mol. The maximum absolute atomic E-state index is 13.5. The van der Waals surface area contributed by atoms with E-state index >= 15 is 0 Å². The van der Waals surface area contributed by atoms with Crippen LogP contribution in [0.2, 0.25) is 5.02 Å². The number of hydrogen-bond donors (Lipinski definition) is 0. The van der Waals surface area contributed by atoms with Gasteiger partial charge in [0.05, 0.1) is 27.4 Å². The number of hydrogen-bond acceptors (Lipinski definition) is 3. The van der Waals surface area contributed by atoms with Crippen molar-refractivity contribution >= 4 is 17.1 Å². The van der Waals surface area contributed by atoms with Crippen molar-refractivity contribution in [2.24, 2.45) is 0 Å². The van der Waals surface area contributed by atoms with Crippen molar-refractivity contribution in [2.75, 3.05) is 0 Å². The van der Waals surface area contributed by atoms with Gasteiger partial charge in [0, 0.05) is 18.0 Å². The molecule has 0 saturated carbocycles. The number of halogens is 5. The molecule has 0 aliphatic heterocycles. The Bertz CT molecular complexity index is 1140. The lowest BCUT2D eigenvalue weighted by Crippen LogP contribution is -2.06. The van der Waals surface area contributed by atoms with Crippen molar-refractivity contribution in [3.63, 3.8) is 0 Å². The molecule has 4 nitrogen and oxygen atoms in total. The average Bonchev–Trinajstić information content (AvgIpc) is 3.02. The summed E-state index contributed by atoms with van der Waals surface area (Å²) in [7, 11) is 0. The molecule has 4 aromatic rings. The van der Waals surface area contributed by atoms with Crippen LogP contribution in [0.1, 0.15) is 5.56 Å². The second-order valence-electron chi connectivity index (χ2n) is 5.69. The molecule has 0 fully saturated rings. The number of pyridine rings is 1. The molecule has 4 rings (SSSR count). The lowest BCUT2D eigenvalue weighted by molar-refractivity contribution is -0.137. The van der Waals surface area contributed by atoms with Crippen LogP contribution in [-0.4, -0.2) is 19.6 Å². The van der Waals surface area contributed by atoms with E-state index < -0.39 is 17.6 Å². The summed E-state index contributed by atoms with van der Waals surface area (Å²) in [6.45, 7) is 0. The fraction of sp³-hybridized carbons (Fsp3) is 0.0556. The van der Waals surface area contributed by atoms with Crippen LogP contribution in [0.3, 0.4) is 0 Å². The first-order valence-electron chi connectivity index (χ1n) is 7.66. The third-order valence-electron chi connectivity index (χ3n) is 3.99. The summed E-state index contributed by atoms with van der Waals surface area (Å²) in [5.41, 5.74) is 1.32. The summed E-state index contributed by atoms with van der Waals surface area (Å²) in [4.78, 5) is 8.03. The van der Waals surface area contributed by atoms with Crippen molar-refractivity contribution in [3.8, 4) is 22.5 Å². The first-order valence-corrected chi connectivity index (χ1v) is 8.04. The molecule has 27 heavy (non-hydrogen) atoms. The standard InChI is InChI=1S/C18H9ClF4N4/c19-12-7-10(1-3-13(12)20)17-16(14-5-6-24-9-25-14)15-4-2-11(18(21,22)23)8-27(15)26-17/h1-9H. The van der Waals surface area contributed by atoms with Gasteiger partial charge in [0.15, 0.2) is 0 Å². The molecule has 0 atom stereocenters. The van der Waals surface area contributed by atoms with Crippen molar-refractivity contribution in [2.45, 2.75) is 6.18 Å². The predicted molar refractivity (Wildman–Crippen MR) is 91.6 cm³/mol. The lowest BCUT2D eigenvalue weighted by atomic mass is 10.0. The van der Waals surface area contributed by atoms with Crippen molar-refractivity contribution in [1.82, 2.24) is 19.6 Å². The topological polar surface area (TPSA) is 43.1 Å². The van der Waals surface area contributed by atoms with Gasteiger partial charge in [-0.3, -0.25) is 0 Å². The summed E-state index contributed by atoms with van der Waals surface area (Å²) in [5.74, 6) is -0.605. The van der Waals surface area contributed by atoms with E-state index in [-0.39, 0.29) is 5.02 Å². The third kappa shape index (κ3) is 3.12. The van der Waals surface area contributed by atoms with Crippen LogP contribution in [0.25, 0.3) is 28.0 Å². The molecule has 0 aliphatic rings. The SMILES string of the molecule is Fc1ccc(-c2nn3cc(C(F)(F)F)ccc3c2-c2ccncn2)cc1Cl. The highest BCUT2D eigenvalue weighted by Crippen LogP contribution is 2.37. The highest BCUT2D eigenvalue weighted by atomic mass is 35.5. The van der Waals surface area contributed by atoms with Gasteiger partial charge in [-0.2, -0.15) is 18.3 Å². The van der Waals surface area contributed by atoms with E-state index in [0.29, 0.717) is 28.0 Å². The summed E-state index contributed by atoms with van der Waals surface area (Å²) < 4.78 is 53.8. The molecule has 9 heteroatoms. The molecule has 1 aromatic carbocycles. The predicted octanol–water partition coefficient (Wildman–Crippen LogP) is 5.27. The zero-order valence-corrected chi connectivity index (χ0v) is 14.1. The molecule has 3 heterocycles. The van der Waals surface area contributed by atoms with E-state index in [9.17, 15) is 17.6 Å². The van der Waals surface area contributed by atoms with E-state index in [2.05, 4.69) is 15.1 Å². The number of alkyl halides is 3. The molecule has 0 bridgehead atoms. The van der Waals surface area contributed by atoms with Crippen molar-refractivity contribution in [1.29, 1.82) is 0 Å². The Morgan fingerprint density at radius 3 is 2.52 bits per heavy atom. The molecule has 0 aliphatic carbocycles. The zero-order valence-electron chi connectivity index (χ0n) is 13.4. The summed E-state index contributed by atoms with van der Waals surface area (Å²) in [5, 5.41) is 4.16. The summed E-state index contributed by atoms with van der Waals surface area (Å²) >= 11 is 5.86. The fourth-order valence-electron chi connectivity index (χ4n) is 2.75. The molecular weight excluding hydrogens is 384 g/mol. The van der Waals surface area contributed by atoms with Gasteiger partial charge in [0.2, 0.25) is 0 Å². The van der Waals surface area contributed by atoms with Gasteiger partial charge in [-0.05, 0) is 36.4 Å². The van der Waals surface area contributed by atoms with E-state index in [1.807, 2.05) is 0 Å². The average molecular weight is 393 g/mol. The molecule has 136 valence electrons. The minimum Gasteiger partial charge on any atom is -0.245 e. The lowest BCUT2D eigenvalue weighted by Gasteiger charge is -2.06. The maximum Gasteiger partial charge on any atom is 0.417 e. The first kappa shape index (κ1) is 17.4. The van der Waals surface area contributed by atoms with Crippen LogP contribution in [0.15, 0.2) is 55.1 Å². The van der Waals surface area contributed by atoms with Crippen LogP contribution in [0.5, 0.6) is 0 Å². The Kier molecular flexibility index (Phi) is 4.07. The molecule has 3 aromatic heterocycles. The van der Waals surface area contributed by atoms with Crippen LogP contribution >= 0.6 is 11.6 Å². The Balaban J connectivity index is 2.02. The van der Waals surface area contributed by atoms with Gasteiger partial charge < -0.3 is 0 Å². The minimum atomic E-state index is -4.51. The molecule has 0 spiro atoms.